The summed E-state index contributed by atoms with van der Waals surface area (Å²) in [7, 11) is 2.14. The Labute approximate surface area is 115 Å². The molecule has 4 heteroatoms. The van der Waals surface area contributed by atoms with Crippen molar-refractivity contribution in [1.29, 1.82) is 0 Å². The van der Waals surface area contributed by atoms with Crippen LogP contribution in [0.1, 0.15) is 37.7 Å². The van der Waals surface area contributed by atoms with E-state index in [1.807, 2.05) is 19.1 Å². The van der Waals surface area contributed by atoms with Crippen molar-refractivity contribution in [3.63, 3.8) is 0 Å². The minimum atomic E-state index is 0.0413. The highest BCUT2D eigenvalue weighted by Gasteiger charge is 2.38. The van der Waals surface area contributed by atoms with Gasteiger partial charge in [0.25, 0.3) is 0 Å². The smallest absolute Gasteiger partial charge is 0.118 e. The highest BCUT2D eigenvalue weighted by Crippen LogP contribution is 2.31. The van der Waals surface area contributed by atoms with Crippen molar-refractivity contribution in [2.75, 3.05) is 20.2 Å². The van der Waals surface area contributed by atoms with Gasteiger partial charge in [-0.25, -0.2) is 0 Å². The van der Waals surface area contributed by atoms with Crippen LogP contribution in [0.4, 0.5) is 0 Å². The van der Waals surface area contributed by atoms with Crippen LogP contribution >= 0.6 is 0 Å². The zero-order valence-electron chi connectivity index (χ0n) is 12.3. The Hall–Kier alpha value is -0.840. The number of furan rings is 1. The lowest BCUT2D eigenvalue weighted by atomic mass is 9.84. The van der Waals surface area contributed by atoms with Gasteiger partial charge in [-0.2, -0.15) is 0 Å². The summed E-state index contributed by atoms with van der Waals surface area (Å²) in [5.74, 6) is 1.97. The Morgan fingerprint density at radius 1 is 1.47 bits per heavy atom. The van der Waals surface area contributed by atoms with Crippen LogP contribution in [-0.2, 0) is 11.3 Å². The SMILES string of the molecule is CCC1CC(CN)(N(C)Cc2ccc(C)o2)CCO1. The van der Waals surface area contributed by atoms with Crippen LogP contribution in [0.25, 0.3) is 0 Å². The van der Waals surface area contributed by atoms with Gasteiger partial charge in [0.05, 0.1) is 12.6 Å². The molecule has 1 aliphatic heterocycles. The predicted octanol–water partition coefficient (Wildman–Crippen LogP) is 2.31. The zero-order chi connectivity index (χ0) is 13.9. The maximum absolute atomic E-state index is 6.09. The number of rotatable bonds is 5. The average Bonchev–Trinajstić information content (AvgIpc) is 2.84. The molecule has 0 radical (unpaired) electrons. The summed E-state index contributed by atoms with van der Waals surface area (Å²) in [5, 5.41) is 0. The molecule has 4 nitrogen and oxygen atoms in total. The van der Waals surface area contributed by atoms with E-state index in [0.29, 0.717) is 12.6 Å². The lowest BCUT2D eigenvalue weighted by Gasteiger charge is -2.46. The first kappa shape index (κ1) is 14.6. The van der Waals surface area contributed by atoms with E-state index in [2.05, 4.69) is 18.9 Å². The van der Waals surface area contributed by atoms with Crippen LogP contribution in [-0.4, -0.2) is 36.7 Å². The van der Waals surface area contributed by atoms with E-state index in [1.54, 1.807) is 0 Å². The van der Waals surface area contributed by atoms with Crippen molar-refractivity contribution >= 4 is 0 Å². The van der Waals surface area contributed by atoms with Crippen molar-refractivity contribution in [2.45, 2.75) is 51.3 Å². The zero-order valence-corrected chi connectivity index (χ0v) is 12.3. The Bertz CT molecular complexity index is 405. The molecule has 1 fully saturated rings. The second kappa shape index (κ2) is 6.07. The second-order valence-electron chi connectivity index (χ2n) is 5.65. The van der Waals surface area contributed by atoms with Gasteiger partial charge in [0.1, 0.15) is 11.5 Å². The summed E-state index contributed by atoms with van der Waals surface area (Å²) in [6.07, 6.45) is 3.39. The standard InChI is InChI=1S/C15H26N2O2/c1-4-13-9-15(11-16,7-8-18-13)17(3)10-14-6-5-12(2)19-14/h5-6,13H,4,7-11,16H2,1-3H3. The van der Waals surface area contributed by atoms with Crippen molar-refractivity contribution in [3.8, 4) is 0 Å². The Morgan fingerprint density at radius 2 is 2.26 bits per heavy atom. The number of nitrogens with zero attached hydrogens (tertiary/aromatic N) is 1. The third-order valence-corrected chi connectivity index (χ3v) is 4.36. The minimum absolute atomic E-state index is 0.0413. The lowest BCUT2D eigenvalue weighted by Crippen LogP contribution is -2.56. The van der Waals surface area contributed by atoms with Crippen LogP contribution < -0.4 is 5.73 Å². The van der Waals surface area contributed by atoms with Crippen LogP contribution in [0.5, 0.6) is 0 Å². The first-order valence-electron chi connectivity index (χ1n) is 7.18. The normalized spacial score (nSPS) is 27.9. The number of aryl methyl sites for hydroxylation is 1. The Balaban J connectivity index is 2.07. The summed E-state index contributed by atoms with van der Waals surface area (Å²) >= 11 is 0. The molecule has 2 rings (SSSR count). The molecule has 1 aromatic rings. The van der Waals surface area contributed by atoms with Crippen LogP contribution in [0, 0.1) is 6.92 Å². The highest BCUT2D eigenvalue weighted by molar-refractivity contribution is 5.07. The molecule has 0 saturated carbocycles. The average molecular weight is 266 g/mol. The molecule has 0 aliphatic carbocycles. The molecule has 2 N–H and O–H groups in total. The molecule has 1 saturated heterocycles. The highest BCUT2D eigenvalue weighted by atomic mass is 16.5. The number of hydrogen-bond donors (Lipinski definition) is 1. The van der Waals surface area contributed by atoms with Gasteiger partial charge in [-0.15, -0.1) is 0 Å². The fourth-order valence-electron chi connectivity index (χ4n) is 2.92. The molecular weight excluding hydrogens is 240 g/mol. The van der Waals surface area contributed by atoms with Gasteiger partial charge in [-0.1, -0.05) is 6.92 Å². The van der Waals surface area contributed by atoms with Crippen molar-refractivity contribution in [1.82, 2.24) is 4.90 Å². The van der Waals surface area contributed by atoms with E-state index in [0.717, 1.165) is 43.9 Å². The van der Waals surface area contributed by atoms with Crippen molar-refractivity contribution in [3.05, 3.63) is 23.7 Å². The first-order chi connectivity index (χ1) is 9.09. The van der Waals surface area contributed by atoms with Crippen LogP contribution in [0.3, 0.4) is 0 Å². The number of hydrogen-bond acceptors (Lipinski definition) is 4. The lowest BCUT2D eigenvalue weighted by molar-refractivity contribution is -0.0684. The van der Waals surface area contributed by atoms with Gasteiger partial charge in [-0.3, -0.25) is 4.90 Å². The molecule has 2 atom stereocenters. The summed E-state index contributed by atoms with van der Waals surface area (Å²) in [6, 6.07) is 4.06. The fraction of sp³-hybridized carbons (Fsp3) is 0.733. The summed E-state index contributed by atoms with van der Waals surface area (Å²) in [4.78, 5) is 2.34. The third-order valence-electron chi connectivity index (χ3n) is 4.36. The molecular formula is C15H26N2O2. The molecule has 0 amide bonds. The number of nitrogens with two attached hydrogens (primary N) is 1. The molecule has 2 unspecified atom stereocenters. The van der Waals surface area contributed by atoms with E-state index in [9.17, 15) is 0 Å². The monoisotopic (exact) mass is 266 g/mol. The molecule has 0 aromatic carbocycles. The Morgan fingerprint density at radius 3 is 2.84 bits per heavy atom. The van der Waals surface area contributed by atoms with E-state index >= 15 is 0 Å². The van der Waals surface area contributed by atoms with Gasteiger partial charge in [0.2, 0.25) is 0 Å². The first-order valence-corrected chi connectivity index (χ1v) is 7.18. The third kappa shape index (κ3) is 3.19. The molecule has 1 aromatic heterocycles. The van der Waals surface area contributed by atoms with Crippen LogP contribution in [0.15, 0.2) is 16.5 Å². The topological polar surface area (TPSA) is 51.6 Å². The van der Waals surface area contributed by atoms with E-state index in [1.165, 1.54) is 0 Å². The van der Waals surface area contributed by atoms with Gasteiger partial charge < -0.3 is 14.9 Å². The van der Waals surface area contributed by atoms with Gasteiger partial charge in [0, 0.05) is 18.7 Å². The fourth-order valence-corrected chi connectivity index (χ4v) is 2.92. The number of likely N-dealkylation sites (N-methyl/N-ethyl adjacent to an activating group) is 1. The van der Waals surface area contributed by atoms with Gasteiger partial charge in [-0.05, 0) is 45.4 Å². The molecule has 108 valence electrons. The minimum Gasteiger partial charge on any atom is -0.465 e. The molecule has 2 heterocycles. The maximum Gasteiger partial charge on any atom is 0.118 e. The summed E-state index contributed by atoms with van der Waals surface area (Å²) in [6.45, 7) is 6.43. The largest absolute Gasteiger partial charge is 0.465 e. The molecule has 0 bridgehead atoms. The van der Waals surface area contributed by atoms with Gasteiger partial charge >= 0.3 is 0 Å². The maximum atomic E-state index is 6.09. The van der Waals surface area contributed by atoms with E-state index < -0.39 is 0 Å². The van der Waals surface area contributed by atoms with Gasteiger partial charge in [0.15, 0.2) is 0 Å². The Kier molecular flexibility index (Phi) is 4.66. The number of ether oxygens (including phenoxy) is 1. The van der Waals surface area contributed by atoms with Crippen molar-refractivity contribution in [2.24, 2.45) is 5.73 Å². The molecule has 1 aliphatic rings. The predicted molar refractivity (Wildman–Crippen MR) is 76.0 cm³/mol. The molecule has 19 heavy (non-hydrogen) atoms. The van der Waals surface area contributed by atoms with E-state index in [-0.39, 0.29) is 5.54 Å². The quantitative estimate of drug-likeness (QED) is 0.888. The summed E-state index contributed by atoms with van der Waals surface area (Å²) in [5.41, 5.74) is 6.13. The van der Waals surface area contributed by atoms with Crippen molar-refractivity contribution < 1.29 is 9.15 Å². The van der Waals surface area contributed by atoms with Crippen LogP contribution in [0.2, 0.25) is 0 Å². The van der Waals surface area contributed by atoms with E-state index in [4.69, 9.17) is 14.9 Å². The summed E-state index contributed by atoms with van der Waals surface area (Å²) < 4.78 is 11.5. The molecule has 0 spiro atoms. The second-order valence-corrected chi connectivity index (χ2v) is 5.65.